The van der Waals surface area contributed by atoms with Gasteiger partial charge in [0.25, 0.3) is 5.91 Å². The van der Waals surface area contributed by atoms with E-state index >= 15 is 0 Å². The van der Waals surface area contributed by atoms with Gasteiger partial charge in [0, 0.05) is 26.2 Å². The van der Waals surface area contributed by atoms with Crippen LogP contribution in [0, 0.1) is 0 Å². The molecule has 3 aromatic rings. The molecule has 3 rings (SSSR count). The van der Waals surface area contributed by atoms with Gasteiger partial charge in [-0.1, -0.05) is 0 Å². The first-order valence-electron chi connectivity index (χ1n) is 9.61. The van der Waals surface area contributed by atoms with Gasteiger partial charge in [-0.2, -0.15) is 9.97 Å². The molecule has 3 aromatic heterocycles. The Kier molecular flexibility index (Phi) is 6.78. The molecule has 0 saturated heterocycles. The molecule has 0 spiro atoms. The van der Waals surface area contributed by atoms with Crippen molar-refractivity contribution in [2.75, 3.05) is 30.0 Å². The Hall–Kier alpha value is -3.87. The molecule has 0 aliphatic carbocycles. The van der Waals surface area contributed by atoms with Crippen molar-refractivity contribution in [3.05, 3.63) is 28.8 Å². The van der Waals surface area contributed by atoms with Gasteiger partial charge in [-0.15, -0.1) is 11.3 Å². The molecule has 0 saturated carbocycles. The third-order valence-corrected chi connectivity index (χ3v) is 6.02. The van der Waals surface area contributed by atoms with Crippen LogP contribution >= 0.6 is 11.3 Å². The number of carbonyl (C=O) groups excluding carboxylic acids is 1. The lowest BCUT2D eigenvalue weighted by molar-refractivity contribution is -0.140. The third kappa shape index (κ3) is 5.24. The highest BCUT2D eigenvalue weighted by atomic mass is 32.1. The normalized spacial score (nSPS) is 11.9. The number of amides is 1. The summed E-state index contributed by atoms with van der Waals surface area (Å²) < 4.78 is 0. The standard InChI is InChI=1S/C19H23N7O5S/c1-26(7-6-9-8-22-16-14(9)15(20)24-19(21)25-16)12-4-3-11(32-12)17(29)23-10(18(30)31)2-5-13(27)28/h3-4,8,10H,2,5-7H2,1H3,(H,23,29)(H,27,28)(H,30,31)(H5,20,21,22,24,25)/t10-/m0/s1. The minimum absolute atomic E-state index is 0.0954. The average molecular weight is 462 g/mol. The monoisotopic (exact) mass is 461 g/mol. The highest BCUT2D eigenvalue weighted by Gasteiger charge is 2.23. The summed E-state index contributed by atoms with van der Waals surface area (Å²) in [4.78, 5) is 47.8. The Morgan fingerprint density at radius 3 is 2.69 bits per heavy atom. The number of carboxylic acid groups (broad SMARTS) is 2. The Balaban J connectivity index is 1.63. The number of likely N-dealkylation sites (N-methyl/N-ethyl adjacent to an activating group) is 1. The number of hydrogen-bond acceptors (Lipinski definition) is 9. The fraction of sp³-hybridized carbons (Fsp3) is 0.316. The summed E-state index contributed by atoms with van der Waals surface area (Å²) in [6, 6.07) is 2.09. The molecule has 1 atom stereocenters. The fourth-order valence-corrected chi connectivity index (χ4v) is 4.05. The van der Waals surface area contributed by atoms with Crippen LogP contribution in [0.3, 0.4) is 0 Å². The summed E-state index contributed by atoms with van der Waals surface area (Å²) in [7, 11) is 1.87. The van der Waals surface area contributed by atoms with Crippen LogP contribution in [-0.2, 0) is 16.0 Å². The number of carbonyl (C=O) groups is 3. The molecular weight excluding hydrogens is 438 g/mol. The number of nitrogens with one attached hydrogen (secondary N) is 2. The van der Waals surface area contributed by atoms with Gasteiger partial charge in [0.15, 0.2) is 0 Å². The number of anilines is 3. The molecule has 12 nitrogen and oxygen atoms in total. The summed E-state index contributed by atoms with van der Waals surface area (Å²) in [6.07, 6.45) is 1.88. The van der Waals surface area contributed by atoms with Gasteiger partial charge in [0.05, 0.1) is 15.3 Å². The first kappa shape index (κ1) is 22.8. The molecule has 0 radical (unpaired) electrons. The van der Waals surface area contributed by atoms with E-state index in [4.69, 9.17) is 16.6 Å². The van der Waals surface area contributed by atoms with Crippen molar-refractivity contribution in [3.8, 4) is 0 Å². The molecule has 0 aliphatic rings. The van der Waals surface area contributed by atoms with E-state index in [1.165, 1.54) is 11.3 Å². The Labute approximate surface area is 186 Å². The van der Waals surface area contributed by atoms with E-state index in [0.29, 0.717) is 29.3 Å². The summed E-state index contributed by atoms with van der Waals surface area (Å²) >= 11 is 1.20. The van der Waals surface area contributed by atoms with Crippen LogP contribution in [0.5, 0.6) is 0 Å². The van der Waals surface area contributed by atoms with Crippen molar-refractivity contribution in [1.82, 2.24) is 20.3 Å². The van der Waals surface area contributed by atoms with Crippen molar-refractivity contribution in [2.45, 2.75) is 25.3 Å². The number of nitrogen functional groups attached to an aromatic ring is 2. The highest BCUT2D eigenvalue weighted by molar-refractivity contribution is 7.18. The maximum atomic E-state index is 12.4. The molecule has 0 bridgehead atoms. The predicted octanol–water partition coefficient (Wildman–Crippen LogP) is 0.911. The van der Waals surface area contributed by atoms with Gasteiger partial charge in [-0.25, -0.2) is 4.79 Å². The lowest BCUT2D eigenvalue weighted by Crippen LogP contribution is -2.40. The van der Waals surface area contributed by atoms with Crippen LogP contribution in [0.1, 0.15) is 28.1 Å². The van der Waals surface area contributed by atoms with Crippen molar-refractivity contribution in [1.29, 1.82) is 0 Å². The van der Waals surface area contributed by atoms with Gasteiger partial charge in [-0.3, -0.25) is 9.59 Å². The van der Waals surface area contributed by atoms with Gasteiger partial charge in [0.2, 0.25) is 5.95 Å². The van der Waals surface area contributed by atoms with E-state index < -0.39 is 23.9 Å². The van der Waals surface area contributed by atoms with E-state index in [9.17, 15) is 19.5 Å². The number of nitrogens with zero attached hydrogens (tertiary/aromatic N) is 3. The Morgan fingerprint density at radius 2 is 2.00 bits per heavy atom. The number of hydrogen-bond donors (Lipinski definition) is 6. The number of nitrogens with two attached hydrogens (primary N) is 2. The number of thiophene rings is 1. The number of aromatic amines is 1. The minimum Gasteiger partial charge on any atom is -0.481 e. The van der Waals surface area contributed by atoms with Crippen LogP contribution in [0.4, 0.5) is 16.8 Å². The van der Waals surface area contributed by atoms with E-state index in [1.807, 2.05) is 11.9 Å². The summed E-state index contributed by atoms with van der Waals surface area (Å²) in [5.74, 6) is -2.57. The number of aromatic nitrogens is 3. The molecule has 0 aromatic carbocycles. The van der Waals surface area contributed by atoms with Crippen molar-refractivity contribution < 1.29 is 24.6 Å². The Morgan fingerprint density at radius 1 is 1.25 bits per heavy atom. The fourth-order valence-electron chi connectivity index (χ4n) is 3.15. The van der Waals surface area contributed by atoms with Crippen LogP contribution in [0.15, 0.2) is 18.3 Å². The third-order valence-electron chi connectivity index (χ3n) is 4.82. The second-order valence-corrected chi connectivity index (χ2v) is 8.17. The summed E-state index contributed by atoms with van der Waals surface area (Å²) in [5, 5.41) is 21.8. The molecule has 1 amide bonds. The van der Waals surface area contributed by atoms with E-state index in [1.54, 1.807) is 18.3 Å². The lowest BCUT2D eigenvalue weighted by Gasteiger charge is -2.17. The second kappa shape index (κ2) is 9.51. The van der Waals surface area contributed by atoms with E-state index in [2.05, 4.69) is 20.3 Å². The van der Waals surface area contributed by atoms with E-state index in [0.717, 1.165) is 16.0 Å². The van der Waals surface area contributed by atoms with Crippen molar-refractivity contribution in [2.24, 2.45) is 0 Å². The molecule has 0 fully saturated rings. The number of fused-ring (bicyclic) bond motifs is 1. The first-order chi connectivity index (χ1) is 15.2. The zero-order chi connectivity index (χ0) is 23.4. The van der Waals surface area contributed by atoms with Crippen LogP contribution < -0.4 is 21.7 Å². The van der Waals surface area contributed by atoms with Crippen LogP contribution in [0.25, 0.3) is 11.0 Å². The Bertz CT molecular complexity index is 1160. The van der Waals surface area contributed by atoms with Crippen molar-refractivity contribution in [3.63, 3.8) is 0 Å². The van der Waals surface area contributed by atoms with Gasteiger partial charge in [0.1, 0.15) is 17.5 Å². The average Bonchev–Trinajstić information content (AvgIpc) is 3.36. The predicted molar refractivity (Wildman–Crippen MR) is 120 cm³/mol. The molecule has 32 heavy (non-hydrogen) atoms. The zero-order valence-electron chi connectivity index (χ0n) is 17.2. The van der Waals surface area contributed by atoms with Gasteiger partial charge in [-0.05, 0) is 30.5 Å². The topological polar surface area (TPSA) is 201 Å². The first-order valence-corrected chi connectivity index (χ1v) is 10.4. The van der Waals surface area contributed by atoms with Gasteiger partial charge < -0.3 is 36.9 Å². The summed E-state index contributed by atoms with van der Waals surface area (Å²) in [6.45, 7) is 0.606. The molecule has 8 N–H and O–H groups in total. The smallest absolute Gasteiger partial charge is 0.326 e. The molecular formula is C19H23N7O5S. The molecule has 0 aliphatic heterocycles. The number of rotatable bonds is 10. The molecule has 0 unspecified atom stereocenters. The maximum absolute atomic E-state index is 12.4. The number of aliphatic carboxylic acids is 2. The number of H-pyrrole nitrogens is 1. The molecule has 13 heteroatoms. The van der Waals surface area contributed by atoms with E-state index in [-0.39, 0.29) is 18.8 Å². The molecule has 170 valence electrons. The van der Waals surface area contributed by atoms with Crippen LogP contribution in [-0.4, -0.2) is 62.6 Å². The largest absolute Gasteiger partial charge is 0.481 e. The SMILES string of the molecule is CN(CCc1c[nH]c2nc(N)nc(N)c12)c1ccc(C(=O)N[C@@H](CCC(=O)O)C(=O)O)s1. The van der Waals surface area contributed by atoms with Crippen LogP contribution in [0.2, 0.25) is 0 Å². The quantitative estimate of drug-likeness (QED) is 0.252. The number of carboxylic acids is 2. The zero-order valence-corrected chi connectivity index (χ0v) is 18.0. The lowest BCUT2D eigenvalue weighted by atomic mass is 10.1. The highest BCUT2D eigenvalue weighted by Crippen LogP contribution is 2.27. The molecule has 3 heterocycles. The van der Waals surface area contributed by atoms with Gasteiger partial charge >= 0.3 is 11.9 Å². The van der Waals surface area contributed by atoms with Crippen molar-refractivity contribution >= 4 is 57.0 Å². The summed E-state index contributed by atoms with van der Waals surface area (Å²) in [5.41, 5.74) is 13.1. The maximum Gasteiger partial charge on any atom is 0.326 e. The minimum atomic E-state index is -1.28. The second-order valence-electron chi connectivity index (χ2n) is 7.11.